The van der Waals surface area contributed by atoms with Gasteiger partial charge >= 0.3 is 0 Å². The minimum absolute atomic E-state index is 0.0714. The van der Waals surface area contributed by atoms with Crippen molar-refractivity contribution < 1.29 is 13.7 Å². The molecule has 2 aromatic heterocycles. The number of rotatable bonds is 5. The number of hydrogen-bond acceptors (Lipinski definition) is 7. The summed E-state index contributed by atoms with van der Waals surface area (Å²) in [6.07, 6.45) is 0. The predicted molar refractivity (Wildman–Crippen MR) is 134 cm³/mol. The van der Waals surface area contributed by atoms with Gasteiger partial charge in [-0.2, -0.15) is 0 Å². The summed E-state index contributed by atoms with van der Waals surface area (Å²) in [7, 11) is 0. The number of benzene rings is 3. The van der Waals surface area contributed by atoms with Crippen molar-refractivity contribution in [3.8, 4) is 11.4 Å². The molecule has 3 aromatic carbocycles. The van der Waals surface area contributed by atoms with Gasteiger partial charge in [0.2, 0.25) is 5.95 Å². The van der Waals surface area contributed by atoms with Crippen LogP contribution >= 0.6 is 0 Å². The van der Waals surface area contributed by atoms with Crippen LogP contribution < -0.4 is 4.90 Å². The van der Waals surface area contributed by atoms with Crippen molar-refractivity contribution in [3.05, 3.63) is 94.0 Å². The average Bonchev–Trinajstić information content (AvgIpc) is 3.37. The first-order chi connectivity index (χ1) is 18.0. The standard InChI is InChI=1S/C26H21F2N7O2/c27-20-9-5-6-17(23(20)28)16-32-12-14-33(15-13-32)26-29-21-10-3-1-7-18(21)24-30-31-25(34(24)26)19-8-2-4-11-22(19)35(36)37/h1-11H,12-16H2. The maximum absolute atomic E-state index is 14.2. The van der Waals surface area contributed by atoms with Crippen molar-refractivity contribution >= 4 is 28.2 Å². The number of nitro groups is 1. The Morgan fingerprint density at radius 3 is 2.46 bits per heavy atom. The second-order valence-electron chi connectivity index (χ2n) is 8.86. The zero-order valence-electron chi connectivity index (χ0n) is 19.6. The fourth-order valence-electron chi connectivity index (χ4n) is 4.79. The number of nitrogens with zero attached hydrogens (tertiary/aromatic N) is 7. The summed E-state index contributed by atoms with van der Waals surface area (Å²) < 4.78 is 29.6. The molecule has 0 bridgehead atoms. The molecular weight excluding hydrogens is 480 g/mol. The summed E-state index contributed by atoms with van der Waals surface area (Å²) >= 11 is 0. The number of anilines is 1. The van der Waals surface area contributed by atoms with E-state index in [4.69, 9.17) is 4.98 Å². The Kier molecular flexibility index (Phi) is 5.68. The van der Waals surface area contributed by atoms with Gasteiger partial charge < -0.3 is 4.90 Å². The van der Waals surface area contributed by atoms with Crippen molar-refractivity contribution in [1.82, 2.24) is 24.5 Å². The van der Waals surface area contributed by atoms with Crippen LogP contribution in [0.1, 0.15) is 5.56 Å². The molecule has 6 rings (SSSR count). The lowest BCUT2D eigenvalue weighted by molar-refractivity contribution is -0.384. The Balaban J connectivity index is 1.39. The van der Waals surface area contributed by atoms with Gasteiger partial charge in [-0.3, -0.25) is 15.0 Å². The molecule has 11 heteroatoms. The third-order valence-electron chi connectivity index (χ3n) is 6.65. The molecule has 0 saturated carbocycles. The Labute approximate surface area is 209 Å². The fraction of sp³-hybridized carbons (Fsp3) is 0.192. The Morgan fingerprint density at radius 1 is 0.892 bits per heavy atom. The van der Waals surface area contributed by atoms with Crippen LogP contribution in [0.3, 0.4) is 0 Å². The van der Waals surface area contributed by atoms with E-state index in [0.717, 1.165) is 17.0 Å². The molecule has 1 saturated heterocycles. The van der Waals surface area contributed by atoms with Gasteiger partial charge in [-0.25, -0.2) is 18.2 Å². The van der Waals surface area contributed by atoms with E-state index < -0.39 is 16.6 Å². The van der Waals surface area contributed by atoms with Crippen LogP contribution in [0.5, 0.6) is 0 Å². The minimum Gasteiger partial charge on any atom is -0.339 e. The SMILES string of the molecule is O=[N+]([O-])c1ccccc1-c1nnc2c3ccccc3nc(N3CCN(Cc4cccc(F)c4F)CC3)n12. The third-order valence-corrected chi connectivity index (χ3v) is 6.65. The van der Waals surface area contributed by atoms with Crippen LogP contribution in [0.15, 0.2) is 66.7 Å². The highest BCUT2D eigenvalue weighted by Crippen LogP contribution is 2.33. The maximum Gasteiger partial charge on any atom is 0.280 e. The molecule has 186 valence electrons. The molecule has 0 unspecified atom stereocenters. The number of aromatic nitrogens is 4. The number of nitro benzene ring substituents is 1. The zero-order chi connectivity index (χ0) is 25.5. The number of fused-ring (bicyclic) bond motifs is 3. The van der Waals surface area contributed by atoms with E-state index in [1.54, 1.807) is 28.7 Å². The number of hydrogen-bond donors (Lipinski definition) is 0. The predicted octanol–water partition coefficient (Wildman–Crippen LogP) is 4.45. The van der Waals surface area contributed by atoms with Crippen molar-refractivity contribution in [1.29, 1.82) is 0 Å². The highest BCUT2D eigenvalue weighted by atomic mass is 19.2. The van der Waals surface area contributed by atoms with Crippen LogP contribution in [0, 0.1) is 21.7 Å². The molecule has 5 aromatic rings. The summed E-state index contributed by atoms with van der Waals surface area (Å²) in [5.74, 6) is -0.765. The quantitative estimate of drug-likeness (QED) is 0.259. The molecule has 0 N–H and O–H groups in total. The van der Waals surface area contributed by atoms with Crippen LogP contribution in [-0.4, -0.2) is 55.6 Å². The van der Waals surface area contributed by atoms with Gasteiger partial charge in [0.05, 0.1) is 16.0 Å². The molecule has 0 spiro atoms. The number of para-hydroxylation sites is 2. The molecule has 0 radical (unpaired) electrons. The van der Waals surface area contributed by atoms with Gasteiger partial charge in [-0.1, -0.05) is 36.4 Å². The van der Waals surface area contributed by atoms with E-state index in [2.05, 4.69) is 20.0 Å². The molecular formula is C26H21F2N7O2. The fourth-order valence-corrected chi connectivity index (χ4v) is 4.79. The normalized spacial score (nSPS) is 14.5. The lowest BCUT2D eigenvalue weighted by atomic mass is 10.1. The van der Waals surface area contributed by atoms with E-state index in [9.17, 15) is 18.9 Å². The molecule has 1 aliphatic rings. The zero-order valence-corrected chi connectivity index (χ0v) is 19.6. The summed E-state index contributed by atoms with van der Waals surface area (Å²) in [5.41, 5.74) is 1.88. The van der Waals surface area contributed by atoms with Gasteiger partial charge in [0.15, 0.2) is 23.1 Å². The first kappa shape index (κ1) is 22.9. The molecule has 3 heterocycles. The summed E-state index contributed by atoms with van der Waals surface area (Å²) in [5, 5.41) is 21.3. The van der Waals surface area contributed by atoms with Gasteiger partial charge in [-0.15, -0.1) is 10.2 Å². The van der Waals surface area contributed by atoms with E-state index in [-0.39, 0.29) is 5.69 Å². The first-order valence-electron chi connectivity index (χ1n) is 11.8. The van der Waals surface area contributed by atoms with Crippen LogP contribution in [0.25, 0.3) is 27.9 Å². The van der Waals surface area contributed by atoms with Gasteiger partial charge in [-0.05, 0) is 24.3 Å². The minimum atomic E-state index is -0.853. The highest BCUT2D eigenvalue weighted by molar-refractivity contribution is 5.93. The molecule has 9 nitrogen and oxygen atoms in total. The van der Waals surface area contributed by atoms with Gasteiger partial charge in [0, 0.05) is 49.7 Å². The van der Waals surface area contributed by atoms with Crippen LogP contribution in [-0.2, 0) is 6.54 Å². The third kappa shape index (κ3) is 4.02. The topological polar surface area (TPSA) is 92.7 Å². The molecule has 1 aliphatic heterocycles. The van der Waals surface area contributed by atoms with Gasteiger partial charge in [0.1, 0.15) is 0 Å². The monoisotopic (exact) mass is 501 g/mol. The first-order valence-corrected chi connectivity index (χ1v) is 11.8. The van der Waals surface area contributed by atoms with Crippen molar-refractivity contribution in [3.63, 3.8) is 0 Å². The van der Waals surface area contributed by atoms with Crippen molar-refractivity contribution in [2.24, 2.45) is 0 Å². The number of piperazine rings is 1. The molecule has 0 amide bonds. The van der Waals surface area contributed by atoms with Crippen molar-refractivity contribution in [2.45, 2.75) is 6.54 Å². The lowest BCUT2D eigenvalue weighted by Gasteiger charge is -2.35. The molecule has 0 atom stereocenters. The summed E-state index contributed by atoms with van der Waals surface area (Å²) in [4.78, 5) is 20.3. The average molecular weight is 501 g/mol. The molecule has 0 aliphatic carbocycles. The lowest BCUT2D eigenvalue weighted by Crippen LogP contribution is -2.47. The maximum atomic E-state index is 14.2. The van der Waals surface area contributed by atoms with E-state index >= 15 is 0 Å². The molecule has 37 heavy (non-hydrogen) atoms. The largest absolute Gasteiger partial charge is 0.339 e. The number of halogens is 2. The van der Waals surface area contributed by atoms with Crippen LogP contribution in [0.4, 0.5) is 20.4 Å². The summed E-state index contributed by atoms with van der Waals surface area (Å²) in [6, 6.07) is 18.2. The van der Waals surface area contributed by atoms with E-state index in [1.165, 1.54) is 12.1 Å². The smallest absolute Gasteiger partial charge is 0.280 e. The Hall–Kier alpha value is -4.51. The van der Waals surface area contributed by atoms with Crippen molar-refractivity contribution in [2.75, 3.05) is 31.1 Å². The van der Waals surface area contributed by atoms with E-state index in [0.29, 0.717) is 61.3 Å². The highest BCUT2D eigenvalue weighted by Gasteiger charge is 2.27. The van der Waals surface area contributed by atoms with E-state index in [1.807, 2.05) is 24.3 Å². The van der Waals surface area contributed by atoms with Gasteiger partial charge in [0.25, 0.3) is 5.69 Å². The molecule has 1 fully saturated rings. The second kappa shape index (κ2) is 9.17. The Bertz CT molecular complexity index is 1650. The Morgan fingerprint density at radius 2 is 1.65 bits per heavy atom. The summed E-state index contributed by atoms with van der Waals surface area (Å²) in [6.45, 7) is 2.60. The van der Waals surface area contributed by atoms with Crippen LogP contribution in [0.2, 0.25) is 0 Å². The second-order valence-corrected chi connectivity index (χ2v) is 8.86.